The van der Waals surface area contributed by atoms with Gasteiger partial charge in [-0.15, -0.1) is 23.5 Å². The Morgan fingerprint density at radius 2 is 2.00 bits per heavy atom. The minimum absolute atomic E-state index is 0.434. The van der Waals surface area contributed by atoms with E-state index in [0.29, 0.717) is 11.2 Å². The Balaban J connectivity index is 1.75. The molecule has 1 aromatic carbocycles. The first-order valence-corrected chi connectivity index (χ1v) is 9.24. The van der Waals surface area contributed by atoms with Gasteiger partial charge in [0, 0.05) is 11.5 Å². The van der Waals surface area contributed by atoms with E-state index in [2.05, 4.69) is 17.3 Å². The van der Waals surface area contributed by atoms with Crippen LogP contribution >= 0.6 is 23.5 Å². The van der Waals surface area contributed by atoms with Gasteiger partial charge in [0.15, 0.2) is 11.5 Å². The molecule has 1 fully saturated rings. The third-order valence-electron chi connectivity index (χ3n) is 3.63. The maximum absolute atomic E-state index is 5.91. The van der Waals surface area contributed by atoms with Crippen LogP contribution in [0.5, 0.6) is 11.5 Å². The van der Waals surface area contributed by atoms with Gasteiger partial charge in [0.1, 0.15) is 12.4 Å². The number of aryl methyl sites for hydroxylation is 2. The van der Waals surface area contributed by atoms with E-state index in [9.17, 15) is 0 Å². The predicted molar refractivity (Wildman–Crippen MR) is 91.0 cm³/mol. The van der Waals surface area contributed by atoms with E-state index in [-0.39, 0.29) is 0 Å². The Morgan fingerprint density at radius 3 is 2.64 bits per heavy atom. The Hall–Kier alpha value is -1.27. The molecule has 0 saturated carbocycles. The molecule has 3 rings (SSSR count). The average Bonchev–Trinajstić information content (AvgIpc) is 3.17. The van der Waals surface area contributed by atoms with E-state index in [1.807, 2.05) is 43.4 Å². The summed E-state index contributed by atoms with van der Waals surface area (Å²) in [5.74, 6) is 4.74. The third kappa shape index (κ3) is 3.22. The van der Waals surface area contributed by atoms with Gasteiger partial charge < -0.3 is 14.0 Å². The second kappa shape index (κ2) is 6.87. The van der Waals surface area contributed by atoms with Crippen LogP contribution in [0.15, 0.2) is 22.7 Å². The summed E-state index contributed by atoms with van der Waals surface area (Å²) in [6, 6.07) is 6.20. The van der Waals surface area contributed by atoms with Gasteiger partial charge in [-0.3, -0.25) is 0 Å². The van der Waals surface area contributed by atoms with Crippen molar-refractivity contribution in [2.24, 2.45) is 0 Å². The number of benzene rings is 1. The molecule has 0 radical (unpaired) electrons. The molecule has 1 saturated heterocycles. The molecule has 0 aliphatic carbocycles. The molecule has 118 valence electrons. The molecule has 6 heteroatoms. The van der Waals surface area contributed by atoms with E-state index in [1.165, 1.54) is 17.1 Å². The van der Waals surface area contributed by atoms with E-state index in [1.54, 1.807) is 7.11 Å². The molecule has 22 heavy (non-hydrogen) atoms. The van der Waals surface area contributed by atoms with Crippen molar-refractivity contribution < 1.29 is 14.0 Å². The zero-order valence-electron chi connectivity index (χ0n) is 12.9. The van der Waals surface area contributed by atoms with Gasteiger partial charge in [-0.2, -0.15) is 0 Å². The average molecular weight is 337 g/mol. The molecule has 0 atom stereocenters. The number of ether oxygens (including phenoxy) is 2. The highest BCUT2D eigenvalue weighted by Crippen LogP contribution is 2.47. The van der Waals surface area contributed by atoms with Crippen LogP contribution in [0.2, 0.25) is 0 Å². The Labute approximate surface area is 138 Å². The van der Waals surface area contributed by atoms with Crippen LogP contribution in [-0.2, 0) is 6.61 Å². The SMILES string of the molecule is COc1cc(C2SCCS2)ccc1OCc1c(C)noc1C. The summed E-state index contributed by atoms with van der Waals surface area (Å²) in [4.78, 5) is 0. The fourth-order valence-electron chi connectivity index (χ4n) is 2.36. The largest absolute Gasteiger partial charge is 0.493 e. The first kappa shape index (κ1) is 15.6. The number of aromatic nitrogens is 1. The maximum Gasteiger partial charge on any atom is 0.161 e. The lowest BCUT2D eigenvalue weighted by atomic mass is 10.2. The molecule has 0 unspecified atom stereocenters. The molecule has 0 amide bonds. The monoisotopic (exact) mass is 337 g/mol. The predicted octanol–water partition coefficient (Wildman–Crippen LogP) is 4.36. The lowest BCUT2D eigenvalue weighted by Gasteiger charge is -2.14. The minimum Gasteiger partial charge on any atom is -0.493 e. The van der Waals surface area contributed by atoms with Gasteiger partial charge >= 0.3 is 0 Å². The van der Waals surface area contributed by atoms with Gasteiger partial charge in [-0.05, 0) is 31.5 Å². The number of methoxy groups -OCH3 is 1. The van der Waals surface area contributed by atoms with Gasteiger partial charge in [-0.25, -0.2) is 0 Å². The van der Waals surface area contributed by atoms with Crippen molar-refractivity contribution in [2.75, 3.05) is 18.6 Å². The van der Waals surface area contributed by atoms with Crippen LogP contribution in [-0.4, -0.2) is 23.8 Å². The molecular formula is C16H19NO3S2. The van der Waals surface area contributed by atoms with Gasteiger partial charge in [0.25, 0.3) is 0 Å². The number of thioether (sulfide) groups is 2. The lowest BCUT2D eigenvalue weighted by molar-refractivity contribution is 0.281. The lowest BCUT2D eigenvalue weighted by Crippen LogP contribution is -2.00. The minimum atomic E-state index is 0.434. The molecule has 4 nitrogen and oxygen atoms in total. The summed E-state index contributed by atoms with van der Waals surface area (Å²) in [6.45, 7) is 4.25. The number of nitrogens with zero attached hydrogens (tertiary/aromatic N) is 1. The summed E-state index contributed by atoms with van der Waals surface area (Å²) in [6.07, 6.45) is 0. The zero-order chi connectivity index (χ0) is 15.5. The molecule has 2 heterocycles. The quantitative estimate of drug-likeness (QED) is 0.808. The van der Waals surface area contributed by atoms with Crippen molar-refractivity contribution in [1.29, 1.82) is 0 Å². The fourth-order valence-corrected chi connectivity index (χ4v) is 5.20. The molecule has 0 bridgehead atoms. The second-order valence-electron chi connectivity index (χ2n) is 5.08. The Morgan fingerprint density at radius 1 is 1.23 bits per heavy atom. The van der Waals surface area contributed by atoms with E-state index in [0.717, 1.165) is 28.5 Å². The van der Waals surface area contributed by atoms with Crippen LogP contribution in [0.25, 0.3) is 0 Å². The first-order valence-electron chi connectivity index (χ1n) is 7.14. The van der Waals surface area contributed by atoms with Crippen molar-refractivity contribution in [2.45, 2.75) is 25.0 Å². The van der Waals surface area contributed by atoms with Crippen LogP contribution in [0.3, 0.4) is 0 Å². The highest BCUT2D eigenvalue weighted by molar-refractivity contribution is 8.19. The molecule has 2 aromatic rings. The third-order valence-corrected chi connectivity index (χ3v) is 6.74. The molecule has 0 spiro atoms. The van der Waals surface area contributed by atoms with Crippen LogP contribution in [0.4, 0.5) is 0 Å². The van der Waals surface area contributed by atoms with Crippen LogP contribution < -0.4 is 9.47 Å². The summed E-state index contributed by atoms with van der Waals surface area (Å²) < 4.78 is 17.1. The van der Waals surface area contributed by atoms with Crippen molar-refractivity contribution >= 4 is 23.5 Å². The smallest absolute Gasteiger partial charge is 0.161 e. The van der Waals surface area contributed by atoms with Crippen molar-refractivity contribution in [3.05, 3.63) is 40.8 Å². The standard InChI is InChI=1S/C16H19NO3S2/c1-10-13(11(2)20-17-10)9-19-14-5-4-12(8-15(14)18-3)16-21-6-7-22-16/h4-5,8,16H,6-7,9H2,1-3H3. The fraction of sp³-hybridized carbons (Fsp3) is 0.438. The van der Waals surface area contributed by atoms with Crippen molar-refractivity contribution in [3.63, 3.8) is 0 Å². The summed E-state index contributed by atoms with van der Waals surface area (Å²) >= 11 is 3.96. The summed E-state index contributed by atoms with van der Waals surface area (Å²) in [5, 5.41) is 3.95. The number of hydrogen-bond donors (Lipinski definition) is 0. The molecule has 0 N–H and O–H groups in total. The second-order valence-corrected chi connectivity index (χ2v) is 7.80. The van der Waals surface area contributed by atoms with E-state index < -0.39 is 0 Å². The Bertz CT molecular complexity index is 631. The normalized spacial score (nSPS) is 15.2. The number of rotatable bonds is 5. The molecule has 1 aliphatic heterocycles. The van der Waals surface area contributed by atoms with E-state index in [4.69, 9.17) is 14.0 Å². The highest BCUT2D eigenvalue weighted by Gasteiger charge is 2.20. The van der Waals surface area contributed by atoms with Crippen molar-refractivity contribution in [3.8, 4) is 11.5 Å². The van der Waals surface area contributed by atoms with Gasteiger partial charge in [0.05, 0.1) is 22.9 Å². The van der Waals surface area contributed by atoms with Crippen LogP contribution in [0.1, 0.15) is 27.2 Å². The summed E-state index contributed by atoms with van der Waals surface area (Å²) in [5.41, 5.74) is 3.15. The number of hydrogen-bond acceptors (Lipinski definition) is 6. The maximum atomic E-state index is 5.91. The van der Waals surface area contributed by atoms with E-state index >= 15 is 0 Å². The van der Waals surface area contributed by atoms with Crippen molar-refractivity contribution in [1.82, 2.24) is 5.16 Å². The first-order chi connectivity index (χ1) is 10.7. The topological polar surface area (TPSA) is 44.5 Å². The van der Waals surface area contributed by atoms with Gasteiger partial charge in [-0.1, -0.05) is 11.2 Å². The Kier molecular flexibility index (Phi) is 4.88. The molecule has 1 aromatic heterocycles. The van der Waals surface area contributed by atoms with Crippen LogP contribution in [0, 0.1) is 13.8 Å². The molecular weight excluding hydrogens is 318 g/mol. The van der Waals surface area contributed by atoms with Gasteiger partial charge in [0.2, 0.25) is 0 Å². The highest BCUT2D eigenvalue weighted by atomic mass is 32.2. The zero-order valence-corrected chi connectivity index (χ0v) is 14.6. The molecule has 1 aliphatic rings. The summed E-state index contributed by atoms with van der Waals surface area (Å²) in [7, 11) is 1.68.